The van der Waals surface area contributed by atoms with Crippen LogP contribution < -0.4 is 5.32 Å². The van der Waals surface area contributed by atoms with Gasteiger partial charge in [0.2, 0.25) is 0 Å². The highest BCUT2D eigenvalue weighted by Crippen LogP contribution is 2.28. The summed E-state index contributed by atoms with van der Waals surface area (Å²) < 4.78 is 1.10. The fraction of sp³-hybridized carbons (Fsp3) is 0.357. The van der Waals surface area contributed by atoms with Crippen LogP contribution in [0.15, 0.2) is 28.7 Å². The second-order valence-corrected chi connectivity index (χ2v) is 6.76. The second kappa shape index (κ2) is 5.95. The molecule has 1 aromatic heterocycles. The van der Waals surface area contributed by atoms with E-state index >= 15 is 0 Å². The molecule has 96 valence electrons. The highest BCUT2D eigenvalue weighted by Gasteiger charge is 2.09. The molecule has 0 bridgehead atoms. The number of rotatable bonds is 4. The van der Waals surface area contributed by atoms with Gasteiger partial charge in [0.05, 0.1) is 5.69 Å². The lowest BCUT2D eigenvalue weighted by molar-refractivity contribution is 0.587. The van der Waals surface area contributed by atoms with Crippen LogP contribution in [0.2, 0.25) is 0 Å². The van der Waals surface area contributed by atoms with Crippen LogP contribution in [0.4, 0.5) is 0 Å². The third kappa shape index (κ3) is 3.40. The van der Waals surface area contributed by atoms with Crippen molar-refractivity contribution in [2.75, 3.05) is 0 Å². The number of benzene rings is 1. The summed E-state index contributed by atoms with van der Waals surface area (Å²) in [6.45, 7) is 7.28. The zero-order chi connectivity index (χ0) is 13.1. The van der Waals surface area contributed by atoms with Gasteiger partial charge in [0.25, 0.3) is 0 Å². The summed E-state index contributed by atoms with van der Waals surface area (Å²) in [5, 5.41) is 4.56. The molecule has 0 aliphatic rings. The predicted octanol–water partition coefficient (Wildman–Crippen LogP) is 4.38. The smallest absolute Gasteiger partial charge is 0.107 e. The Morgan fingerprint density at radius 1 is 1.28 bits per heavy atom. The van der Waals surface area contributed by atoms with Crippen LogP contribution in [0.25, 0.3) is 11.3 Å². The van der Waals surface area contributed by atoms with Gasteiger partial charge in [-0.25, -0.2) is 4.98 Å². The van der Waals surface area contributed by atoms with Gasteiger partial charge >= 0.3 is 0 Å². The fourth-order valence-electron chi connectivity index (χ4n) is 1.69. The Bertz CT molecular complexity index is 517. The van der Waals surface area contributed by atoms with Gasteiger partial charge in [-0.1, -0.05) is 41.9 Å². The van der Waals surface area contributed by atoms with Crippen LogP contribution in [0.1, 0.15) is 23.7 Å². The Balaban J connectivity index is 2.21. The normalized spacial score (nSPS) is 11.2. The summed E-state index contributed by atoms with van der Waals surface area (Å²) in [5.41, 5.74) is 2.29. The van der Waals surface area contributed by atoms with Gasteiger partial charge in [0.1, 0.15) is 5.01 Å². The number of aromatic nitrogens is 1. The Hall–Kier alpha value is -0.710. The number of nitrogens with one attached hydrogen (secondary N) is 1. The minimum absolute atomic E-state index is 0.491. The van der Waals surface area contributed by atoms with E-state index in [0.29, 0.717) is 6.04 Å². The summed E-state index contributed by atoms with van der Waals surface area (Å²) >= 11 is 5.22. The van der Waals surface area contributed by atoms with E-state index in [4.69, 9.17) is 4.98 Å². The van der Waals surface area contributed by atoms with Crippen molar-refractivity contribution in [2.45, 2.75) is 33.4 Å². The van der Waals surface area contributed by atoms with Crippen LogP contribution in [-0.4, -0.2) is 11.0 Å². The quantitative estimate of drug-likeness (QED) is 0.902. The van der Waals surface area contributed by atoms with Gasteiger partial charge in [-0.3, -0.25) is 0 Å². The number of aryl methyl sites for hydroxylation is 1. The Kier molecular flexibility index (Phi) is 4.54. The van der Waals surface area contributed by atoms with Gasteiger partial charge in [-0.05, 0) is 19.1 Å². The second-order valence-electron chi connectivity index (χ2n) is 4.55. The molecular weight excluding hydrogens is 308 g/mol. The lowest BCUT2D eigenvalue weighted by Gasteiger charge is -2.04. The molecule has 18 heavy (non-hydrogen) atoms. The highest BCUT2D eigenvalue weighted by molar-refractivity contribution is 9.10. The molecule has 2 nitrogen and oxygen atoms in total. The molecule has 0 saturated heterocycles. The van der Waals surface area contributed by atoms with Gasteiger partial charge in [0, 0.05) is 27.5 Å². The van der Waals surface area contributed by atoms with E-state index in [1.165, 1.54) is 10.4 Å². The number of halogens is 1. The monoisotopic (exact) mass is 324 g/mol. The highest BCUT2D eigenvalue weighted by atomic mass is 79.9. The number of hydrogen-bond donors (Lipinski definition) is 1. The Labute approximate surface area is 121 Å². The summed E-state index contributed by atoms with van der Waals surface area (Å²) in [6, 6.07) is 8.81. The van der Waals surface area contributed by atoms with Crippen LogP contribution >= 0.6 is 27.3 Å². The molecule has 0 aliphatic heterocycles. The molecule has 2 aromatic rings. The van der Waals surface area contributed by atoms with E-state index in [2.05, 4.69) is 66.3 Å². The van der Waals surface area contributed by atoms with Crippen molar-refractivity contribution in [3.8, 4) is 11.3 Å². The van der Waals surface area contributed by atoms with E-state index in [9.17, 15) is 0 Å². The molecule has 1 aromatic carbocycles. The molecule has 1 heterocycles. The molecule has 0 saturated carbocycles. The Morgan fingerprint density at radius 2 is 1.94 bits per heavy atom. The van der Waals surface area contributed by atoms with E-state index in [0.717, 1.165) is 21.7 Å². The van der Waals surface area contributed by atoms with Crippen molar-refractivity contribution in [3.05, 3.63) is 38.6 Å². The minimum atomic E-state index is 0.491. The van der Waals surface area contributed by atoms with Crippen molar-refractivity contribution < 1.29 is 0 Å². The average molecular weight is 325 g/mol. The average Bonchev–Trinajstić information content (AvgIpc) is 2.69. The standard InChI is InChI=1S/C14H17BrN2S/c1-9(2)16-8-13-17-14(10(3)18-13)11-4-6-12(15)7-5-11/h4-7,9,16H,8H2,1-3H3. The first-order valence-corrected chi connectivity index (χ1v) is 7.63. The molecule has 0 radical (unpaired) electrons. The molecule has 0 atom stereocenters. The molecule has 2 rings (SSSR count). The van der Waals surface area contributed by atoms with E-state index < -0.39 is 0 Å². The molecule has 0 unspecified atom stereocenters. The minimum Gasteiger partial charge on any atom is -0.308 e. The van der Waals surface area contributed by atoms with Crippen molar-refractivity contribution in [3.63, 3.8) is 0 Å². The maximum Gasteiger partial charge on any atom is 0.107 e. The lowest BCUT2D eigenvalue weighted by atomic mass is 10.1. The van der Waals surface area contributed by atoms with E-state index in [1.54, 1.807) is 11.3 Å². The molecule has 0 spiro atoms. The summed E-state index contributed by atoms with van der Waals surface area (Å²) in [4.78, 5) is 6.00. The SMILES string of the molecule is Cc1sc(CNC(C)C)nc1-c1ccc(Br)cc1. The summed E-state index contributed by atoms with van der Waals surface area (Å²) in [6.07, 6.45) is 0. The Morgan fingerprint density at radius 3 is 2.56 bits per heavy atom. The van der Waals surface area contributed by atoms with Crippen molar-refractivity contribution >= 4 is 27.3 Å². The zero-order valence-electron chi connectivity index (χ0n) is 10.8. The third-order valence-corrected chi connectivity index (χ3v) is 4.12. The first-order valence-electron chi connectivity index (χ1n) is 6.02. The van der Waals surface area contributed by atoms with Crippen molar-refractivity contribution in [1.82, 2.24) is 10.3 Å². The summed E-state index contributed by atoms with van der Waals surface area (Å²) in [5.74, 6) is 0. The largest absolute Gasteiger partial charge is 0.308 e. The van der Waals surface area contributed by atoms with Gasteiger partial charge in [-0.15, -0.1) is 11.3 Å². The molecule has 4 heteroatoms. The van der Waals surface area contributed by atoms with Gasteiger partial charge in [-0.2, -0.15) is 0 Å². The number of thiazole rings is 1. The van der Waals surface area contributed by atoms with E-state index in [-0.39, 0.29) is 0 Å². The van der Waals surface area contributed by atoms with Crippen LogP contribution in [0.5, 0.6) is 0 Å². The zero-order valence-corrected chi connectivity index (χ0v) is 13.2. The molecule has 0 amide bonds. The molecular formula is C14H17BrN2S. The first-order chi connectivity index (χ1) is 8.56. The van der Waals surface area contributed by atoms with Crippen molar-refractivity contribution in [1.29, 1.82) is 0 Å². The van der Waals surface area contributed by atoms with Crippen LogP contribution in [-0.2, 0) is 6.54 Å². The van der Waals surface area contributed by atoms with Gasteiger partial charge < -0.3 is 5.32 Å². The van der Waals surface area contributed by atoms with Crippen molar-refractivity contribution in [2.24, 2.45) is 0 Å². The summed E-state index contributed by atoms with van der Waals surface area (Å²) in [7, 11) is 0. The first kappa shape index (κ1) is 13.7. The number of nitrogens with zero attached hydrogens (tertiary/aromatic N) is 1. The third-order valence-electron chi connectivity index (χ3n) is 2.62. The van der Waals surface area contributed by atoms with Crippen LogP contribution in [0, 0.1) is 6.92 Å². The van der Waals surface area contributed by atoms with Gasteiger partial charge in [0.15, 0.2) is 0 Å². The number of hydrogen-bond acceptors (Lipinski definition) is 3. The maximum absolute atomic E-state index is 4.72. The molecule has 0 fully saturated rings. The topological polar surface area (TPSA) is 24.9 Å². The molecule has 1 N–H and O–H groups in total. The fourth-order valence-corrected chi connectivity index (χ4v) is 2.86. The molecule has 0 aliphatic carbocycles. The lowest BCUT2D eigenvalue weighted by Crippen LogP contribution is -2.21. The maximum atomic E-state index is 4.72. The predicted molar refractivity (Wildman–Crippen MR) is 82.0 cm³/mol. The van der Waals surface area contributed by atoms with E-state index in [1.807, 2.05) is 0 Å². The van der Waals surface area contributed by atoms with Crippen LogP contribution in [0.3, 0.4) is 0 Å².